The summed E-state index contributed by atoms with van der Waals surface area (Å²) >= 11 is 0. The number of nitrogens with one attached hydrogen (secondary N) is 2. The SMILES string of the molecule is CCC1CCC(Nc2ncnc(NC)c2OC)C1C. The normalized spacial score (nSPS) is 26.2. The lowest BCUT2D eigenvalue weighted by Crippen LogP contribution is -2.25. The Labute approximate surface area is 115 Å². The van der Waals surface area contributed by atoms with Crippen molar-refractivity contribution in [2.75, 3.05) is 24.8 Å². The first-order valence-corrected chi connectivity index (χ1v) is 7.04. The molecule has 0 aromatic carbocycles. The van der Waals surface area contributed by atoms with Gasteiger partial charge in [0.1, 0.15) is 6.33 Å². The van der Waals surface area contributed by atoms with Crippen LogP contribution in [0.3, 0.4) is 0 Å². The first-order valence-electron chi connectivity index (χ1n) is 7.04. The minimum atomic E-state index is 0.471. The highest BCUT2D eigenvalue weighted by Crippen LogP contribution is 2.37. The molecule has 1 heterocycles. The quantitative estimate of drug-likeness (QED) is 0.856. The fraction of sp³-hybridized carbons (Fsp3) is 0.714. The highest BCUT2D eigenvalue weighted by molar-refractivity contribution is 5.63. The van der Waals surface area contributed by atoms with Gasteiger partial charge in [-0.1, -0.05) is 20.3 Å². The molecule has 3 atom stereocenters. The molecule has 5 heteroatoms. The molecule has 0 bridgehead atoms. The number of aromatic nitrogens is 2. The molecule has 1 aliphatic carbocycles. The Balaban J connectivity index is 2.15. The second-order valence-corrected chi connectivity index (χ2v) is 5.21. The summed E-state index contributed by atoms with van der Waals surface area (Å²) in [5.74, 6) is 3.68. The van der Waals surface area contributed by atoms with Gasteiger partial charge in [0.15, 0.2) is 11.6 Å². The van der Waals surface area contributed by atoms with Gasteiger partial charge in [0, 0.05) is 13.1 Å². The van der Waals surface area contributed by atoms with Crippen LogP contribution in [0, 0.1) is 11.8 Å². The number of anilines is 2. The van der Waals surface area contributed by atoms with Crippen LogP contribution in [-0.4, -0.2) is 30.2 Å². The topological polar surface area (TPSA) is 59.1 Å². The van der Waals surface area contributed by atoms with Crippen LogP contribution in [-0.2, 0) is 0 Å². The van der Waals surface area contributed by atoms with Gasteiger partial charge in [-0.25, -0.2) is 9.97 Å². The van der Waals surface area contributed by atoms with Gasteiger partial charge in [0.25, 0.3) is 0 Å². The summed E-state index contributed by atoms with van der Waals surface area (Å²) in [6, 6.07) is 0.471. The van der Waals surface area contributed by atoms with Crippen molar-refractivity contribution < 1.29 is 4.74 Å². The van der Waals surface area contributed by atoms with Crippen molar-refractivity contribution in [1.82, 2.24) is 9.97 Å². The van der Waals surface area contributed by atoms with Crippen LogP contribution in [0.25, 0.3) is 0 Å². The second-order valence-electron chi connectivity index (χ2n) is 5.21. The molecule has 3 unspecified atom stereocenters. The van der Waals surface area contributed by atoms with E-state index in [0.29, 0.717) is 17.7 Å². The number of hydrogen-bond acceptors (Lipinski definition) is 5. The van der Waals surface area contributed by atoms with Crippen molar-refractivity contribution in [3.8, 4) is 5.75 Å². The molecule has 106 valence electrons. The van der Waals surface area contributed by atoms with Gasteiger partial charge in [-0.05, 0) is 24.7 Å². The highest BCUT2D eigenvalue weighted by atomic mass is 16.5. The Hall–Kier alpha value is -1.52. The van der Waals surface area contributed by atoms with Gasteiger partial charge in [0.2, 0.25) is 5.75 Å². The van der Waals surface area contributed by atoms with Gasteiger partial charge in [-0.15, -0.1) is 0 Å². The molecule has 5 nitrogen and oxygen atoms in total. The Morgan fingerprint density at radius 3 is 2.63 bits per heavy atom. The monoisotopic (exact) mass is 264 g/mol. The van der Waals surface area contributed by atoms with Gasteiger partial charge < -0.3 is 15.4 Å². The zero-order valence-corrected chi connectivity index (χ0v) is 12.2. The fourth-order valence-electron chi connectivity index (χ4n) is 3.05. The molecule has 1 aromatic heterocycles. The zero-order valence-electron chi connectivity index (χ0n) is 12.2. The third-order valence-electron chi connectivity index (χ3n) is 4.32. The summed E-state index contributed by atoms with van der Waals surface area (Å²) < 4.78 is 5.42. The van der Waals surface area contributed by atoms with Crippen molar-refractivity contribution in [2.24, 2.45) is 11.8 Å². The molecule has 2 N–H and O–H groups in total. The van der Waals surface area contributed by atoms with Crippen LogP contribution in [0.4, 0.5) is 11.6 Å². The van der Waals surface area contributed by atoms with Gasteiger partial charge >= 0.3 is 0 Å². The molecule has 19 heavy (non-hydrogen) atoms. The molecule has 0 spiro atoms. The van der Waals surface area contributed by atoms with Gasteiger partial charge in [-0.2, -0.15) is 0 Å². The van der Waals surface area contributed by atoms with E-state index < -0.39 is 0 Å². The van der Waals surface area contributed by atoms with E-state index in [-0.39, 0.29) is 0 Å². The average molecular weight is 264 g/mol. The van der Waals surface area contributed by atoms with E-state index in [1.807, 2.05) is 7.05 Å². The van der Waals surface area contributed by atoms with Crippen LogP contribution < -0.4 is 15.4 Å². The van der Waals surface area contributed by atoms with Gasteiger partial charge in [-0.3, -0.25) is 0 Å². The molecule has 0 radical (unpaired) electrons. The summed E-state index contributed by atoms with van der Waals surface area (Å²) in [5.41, 5.74) is 0. The minimum absolute atomic E-state index is 0.471. The smallest absolute Gasteiger partial charge is 0.204 e. The van der Waals surface area contributed by atoms with Crippen LogP contribution in [0.15, 0.2) is 6.33 Å². The van der Waals surface area contributed by atoms with E-state index in [9.17, 15) is 0 Å². The predicted octanol–water partition coefficient (Wildman–Crippen LogP) is 2.76. The molecule has 1 aromatic rings. The largest absolute Gasteiger partial charge is 0.490 e. The lowest BCUT2D eigenvalue weighted by atomic mass is 9.93. The number of methoxy groups -OCH3 is 1. The summed E-state index contributed by atoms with van der Waals surface area (Å²) in [4.78, 5) is 8.49. The number of ether oxygens (including phenoxy) is 1. The predicted molar refractivity (Wildman–Crippen MR) is 77.7 cm³/mol. The third-order valence-corrected chi connectivity index (χ3v) is 4.32. The van der Waals surface area contributed by atoms with Crippen LogP contribution in [0.5, 0.6) is 5.75 Å². The zero-order chi connectivity index (χ0) is 13.8. The van der Waals surface area contributed by atoms with Crippen LogP contribution >= 0.6 is 0 Å². The molecule has 0 amide bonds. The summed E-state index contributed by atoms with van der Waals surface area (Å²) in [6.07, 6.45) is 5.30. The summed E-state index contributed by atoms with van der Waals surface area (Å²) in [5, 5.41) is 6.56. The van der Waals surface area contributed by atoms with Crippen LogP contribution in [0.2, 0.25) is 0 Å². The molecule has 2 rings (SSSR count). The van der Waals surface area contributed by atoms with E-state index in [0.717, 1.165) is 17.6 Å². The van der Waals surface area contributed by atoms with E-state index in [2.05, 4.69) is 34.4 Å². The average Bonchev–Trinajstić information content (AvgIpc) is 2.79. The minimum Gasteiger partial charge on any atom is -0.490 e. The lowest BCUT2D eigenvalue weighted by molar-refractivity contribution is 0.388. The second kappa shape index (κ2) is 6.08. The lowest BCUT2D eigenvalue weighted by Gasteiger charge is -2.22. The Bertz CT molecular complexity index is 424. The van der Waals surface area contributed by atoms with Crippen molar-refractivity contribution in [1.29, 1.82) is 0 Å². The van der Waals surface area contributed by atoms with Gasteiger partial charge in [0.05, 0.1) is 7.11 Å². The first-order chi connectivity index (χ1) is 9.21. The molecular weight excluding hydrogens is 240 g/mol. The van der Waals surface area contributed by atoms with E-state index >= 15 is 0 Å². The van der Waals surface area contributed by atoms with Crippen molar-refractivity contribution in [3.63, 3.8) is 0 Å². The maximum absolute atomic E-state index is 5.42. The first kappa shape index (κ1) is 13.9. The number of hydrogen-bond donors (Lipinski definition) is 2. The Morgan fingerprint density at radius 2 is 2.05 bits per heavy atom. The molecular formula is C14H24N4O. The highest BCUT2D eigenvalue weighted by Gasteiger charge is 2.32. The molecule has 0 saturated heterocycles. The van der Waals surface area contributed by atoms with E-state index in [1.165, 1.54) is 19.3 Å². The maximum Gasteiger partial charge on any atom is 0.204 e. The van der Waals surface area contributed by atoms with Crippen molar-refractivity contribution in [3.05, 3.63) is 6.33 Å². The fourth-order valence-corrected chi connectivity index (χ4v) is 3.05. The van der Waals surface area contributed by atoms with Crippen molar-refractivity contribution >= 4 is 11.6 Å². The molecule has 0 aliphatic heterocycles. The summed E-state index contributed by atoms with van der Waals surface area (Å²) in [6.45, 7) is 4.60. The molecule has 1 fully saturated rings. The van der Waals surface area contributed by atoms with Crippen molar-refractivity contribution in [2.45, 2.75) is 39.2 Å². The maximum atomic E-state index is 5.42. The third kappa shape index (κ3) is 2.74. The standard InChI is InChI=1S/C14H24N4O/c1-5-10-6-7-11(9(10)2)18-14-12(19-4)13(15-3)16-8-17-14/h8-11H,5-7H2,1-4H3,(H2,15,16,17,18). The van der Waals surface area contributed by atoms with E-state index in [4.69, 9.17) is 4.74 Å². The Morgan fingerprint density at radius 1 is 1.32 bits per heavy atom. The summed E-state index contributed by atoms with van der Waals surface area (Å²) in [7, 11) is 3.48. The Kier molecular flexibility index (Phi) is 4.45. The van der Waals surface area contributed by atoms with E-state index in [1.54, 1.807) is 13.4 Å². The van der Waals surface area contributed by atoms with Crippen LogP contribution in [0.1, 0.15) is 33.1 Å². The number of rotatable bonds is 5. The number of nitrogens with zero attached hydrogens (tertiary/aromatic N) is 2. The molecule has 1 saturated carbocycles. The molecule has 1 aliphatic rings.